The van der Waals surface area contributed by atoms with Crippen LogP contribution < -0.4 is 16.8 Å². The molecule has 0 heterocycles. The van der Waals surface area contributed by atoms with Gasteiger partial charge in [0.15, 0.2) is 0 Å². The summed E-state index contributed by atoms with van der Waals surface area (Å²) in [6.07, 6.45) is 0. The number of esters is 1. The zero-order valence-electron chi connectivity index (χ0n) is 9.83. The van der Waals surface area contributed by atoms with Gasteiger partial charge in [-0.2, -0.15) is 0 Å². The third kappa shape index (κ3) is 3.34. The van der Waals surface area contributed by atoms with Gasteiger partial charge in [0.05, 0.1) is 24.4 Å². The lowest BCUT2D eigenvalue weighted by Gasteiger charge is -2.10. The first kappa shape index (κ1) is 13.8. The number of halogens is 1. The van der Waals surface area contributed by atoms with Gasteiger partial charge in [0.2, 0.25) is 5.91 Å². The Labute approximate surface area is 103 Å². The van der Waals surface area contributed by atoms with E-state index in [-0.39, 0.29) is 30.1 Å². The second-order valence-electron chi connectivity index (χ2n) is 3.46. The van der Waals surface area contributed by atoms with Crippen LogP contribution in [0.4, 0.5) is 15.8 Å². The molecule has 18 heavy (non-hydrogen) atoms. The smallest absolute Gasteiger partial charge is 0.340 e. The fraction of sp³-hybridized carbons (Fsp3) is 0.273. The summed E-state index contributed by atoms with van der Waals surface area (Å²) in [5.41, 5.74) is 10.4. The molecule has 7 heteroatoms. The van der Waals surface area contributed by atoms with E-state index < -0.39 is 17.7 Å². The van der Waals surface area contributed by atoms with Crippen LogP contribution in [0.25, 0.3) is 0 Å². The minimum Gasteiger partial charge on any atom is -0.462 e. The highest BCUT2D eigenvalue weighted by atomic mass is 19.1. The van der Waals surface area contributed by atoms with Crippen molar-refractivity contribution in [2.24, 2.45) is 5.73 Å². The third-order valence-electron chi connectivity index (χ3n) is 2.09. The summed E-state index contributed by atoms with van der Waals surface area (Å²) < 4.78 is 18.3. The molecule has 0 fully saturated rings. The maximum absolute atomic E-state index is 13.5. The van der Waals surface area contributed by atoms with Crippen molar-refractivity contribution in [3.8, 4) is 0 Å². The summed E-state index contributed by atoms with van der Waals surface area (Å²) in [6, 6.07) is 2.17. The molecule has 0 atom stereocenters. The summed E-state index contributed by atoms with van der Waals surface area (Å²) in [5.74, 6) is -1.98. The molecule has 1 amide bonds. The van der Waals surface area contributed by atoms with E-state index >= 15 is 0 Å². The molecule has 0 aliphatic rings. The molecule has 0 aromatic heterocycles. The van der Waals surface area contributed by atoms with E-state index in [4.69, 9.17) is 16.2 Å². The van der Waals surface area contributed by atoms with Crippen molar-refractivity contribution in [2.75, 3.05) is 24.2 Å². The van der Waals surface area contributed by atoms with Crippen LogP contribution in [0.5, 0.6) is 0 Å². The second kappa shape index (κ2) is 5.85. The first-order valence-electron chi connectivity index (χ1n) is 5.24. The van der Waals surface area contributed by atoms with Crippen molar-refractivity contribution in [2.45, 2.75) is 6.92 Å². The SMILES string of the molecule is CCOC(=O)c1cc(NCC(N)=O)c(F)cc1N. The van der Waals surface area contributed by atoms with E-state index in [2.05, 4.69) is 5.32 Å². The van der Waals surface area contributed by atoms with Crippen molar-refractivity contribution in [3.63, 3.8) is 0 Å². The zero-order chi connectivity index (χ0) is 13.7. The van der Waals surface area contributed by atoms with Gasteiger partial charge in [0.1, 0.15) is 5.82 Å². The number of hydrogen-bond donors (Lipinski definition) is 3. The maximum Gasteiger partial charge on any atom is 0.340 e. The predicted octanol–water partition coefficient (Wildman–Crippen LogP) is 0.482. The lowest BCUT2D eigenvalue weighted by molar-refractivity contribution is -0.116. The molecule has 98 valence electrons. The summed E-state index contributed by atoms with van der Waals surface area (Å²) in [6.45, 7) is 1.58. The van der Waals surface area contributed by atoms with Gasteiger partial charge in [-0.1, -0.05) is 0 Å². The van der Waals surface area contributed by atoms with Crippen LogP contribution >= 0.6 is 0 Å². The van der Waals surface area contributed by atoms with Crippen LogP contribution in [0, 0.1) is 5.82 Å². The van der Waals surface area contributed by atoms with Gasteiger partial charge in [-0.05, 0) is 19.1 Å². The molecule has 5 N–H and O–H groups in total. The quantitative estimate of drug-likeness (QED) is 0.524. The van der Waals surface area contributed by atoms with E-state index in [9.17, 15) is 14.0 Å². The minimum absolute atomic E-state index is 0.0319. The lowest BCUT2D eigenvalue weighted by Crippen LogP contribution is -2.22. The van der Waals surface area contributed by atoms with Crippen LogP contribution in [0.1, 0.15) is 17.3 Å². The number of amides is 1. The van der Waals surface area contributed by atoms with Crippen molar-refractivity contribution >= 4 is 23.3 Å². The van der Waals surface area contributed by atoms with Crippen molar-refractivity contribution in [1.29, 1.82) is 0 Å². The van der Waals surface area contributed by atoms with E-state index in [0.717, 1.165) is 6.07 Å². The van der Waals surface area contributed by atoms with Gasteiger partial charge in [-0.3, -0.25) is 4.79 Å². The highest BCUT2D eigenvalue weighted by Gasteiger charge is 2.15. The van der Waals surface area contributed by atoms with Crippen LogP contribution in [0.15, 0.2) is 12.1 Å². The summed E-state index contributed by atoms with van der Waals surface area (Å²) >= 11 is 0. The maximum atomic E-state index is 13.5. The van der Waals surface area contributed by atoms with Crippen LogP contribution in [0.3, 0.4) is 0 Å². The van der Waals surface area contributed by atoms with Gasteiger partial charge in [-0.15, -0.1) is 0 Å². The van der Waals surface area contributed by atoms with Crippen molar-refractivity contribution < 1.29 is 18.7 Å². The Bertz CT molecular complexity index is 477. The molecule has 0 aliphatic heterocycles. The Balaban J connectivity index is 3.01. The number of hydrogen-bond acceptors (Lipinski definition) is 5. The Morgan fingerprint density at radius 1 is 1.44 bits per heavy atom. The molecular formula is C11H14FN3O3. The lowest BCUT2D eigenvalue weighted by atomic mass is 10.1. The van der Waals surface area contributed by atoms with Gasteiger partial charge >= 0.3 is 5.97 Å². The third-order valence-corrected chi connectivity index (χ3v) is 2.09. The molecule has 0 saturated heterocycles. The average Bonchev–Trinajstić information content (AvgIpc) is 2.27. The number of nitrogen functional groups attached to an aromatic ring is 1. The van der Waals surface area contributed by atoms with E-state index in [1.807, 2.05) is 0 Å². The number of primary amides is 1. The van der Waals surface area contributed by atoms with Gasteiger partial charge in [0.25, 0.3) is 0 Å². The normalized spacial score (nSPS) is 9.89. The van der Waals surface area contributed by atoms with E-state index in [1.165, 1.54) is 6.07 Å². The number of nitrogens with one attached hydrogen (secondary N) is 1. The summed E-state index contributed by atoms with van der Waals surface area (Å²) in [4.78, 5) is 22.1. The van der Waals surface area contributed by atoms with E-state index in [0.29, 0.717) is 0 Å². The number of benzene rings is 1. The van der Waals surface area contributed by atoms with Crippen LogP contribution in [-0.2, 0) is 9.53 Å². The number of ether oxygens (including phenoxy) is 1. The molecule has 0 radical (unpaired) electrons. The molecular weight excluding hydrogens is 241 g/mol. The highest BCUT2D eigenvalue weighted by Crippen LogP contribution is 2.22. The van der Waals surface area contributed by atoms with Crippen molar-refractivity contribution in [3.05, 3.63) is 23.5 Å². The molecule has 1 rings (SSSR count). The molecule has 0 unspecified atom stereocenters. The molecule has 0 bridgehead atoms. The first-order valence-corrected chi connectivity index (χ1v) is 5.24. The van der Waals surface area contributed by atoms with Crippen LogP contribution in [-0.4, -0.2) is 25.0 Å². The zero-order valence-corrected chi connectivity index (χ0v) is 9.83. The van der Waals surface area contributed by atoms with E-state index in [1.54, 1.807) is 6.92 Å². The number of anilines is 2. The molecule has 1 aromatic rings. The monoisotopic (exact) mass is 255 g/mol. The highest BCUT2D eigenvalue weighted by molar-refractivity contribution is 5.96. The van der Waals surface area contributed by atoms with Gasteiger partial charge in [-0.25, -0.2) is 9.18 Å². The van der Waals surface area contributed by atoms with Gasteiger partial charge in [0, 0.05) is 5.69 Å². The second-order valence-corrected chi connectivity index (χ2v) is 3.46. The topological polar surface area (TPSA) is 107 Å². The average molecular weight is 255 g/mol. The fourth-order valence-electron chi connectivity index (χ4n) is 1.29. The largest absolute Gasteiger partial charge is 0.462 e. The summed E-state index contributed by atoms with van der Waals surface area (Å²) in [7, 11) is 0. The molecule has 6 nitrogen and oxygen atoms in total. The summed E-state index contributed by atoms with van der Waals surface area (Å²) in [5, 5.41) is 2.46. The number of carbonyl (C=O) groups is 2. The predicted molar refractivity (Wildman–Crippen MR) is 64.5 cm³/mol. The Hall–Kier alpha value is -2.31. The van der Waals surface area contributed by atoms with Crippen molar-refractivity contribution in [1.82, 2.24) is 0 Å². The number of carbonyl (C=O) groups excluding carboxylic acids is 2. The Morgan fingerprint density at radius 3 is 2.67 bits per heavy atom. The minimum atomic E-state index is -0.679. The Kier molecular flexibility index (Phi) is 4.47. The number of rotatable bonds is 5. The molecule has 0 aliphatic carbocycles. The Morgan fingerprint density at radius 2 is 2.11 bits per heavy atom. The standard InChI is InChI=1S/C11H14FN3O3/c1-2-18-11(17)6-3-9(15-5-10(14)16)7(12)4-8(6)13/h3-4,15H,2,5,13H2,1H3,(H2,14,16). The van der Waals surface area contributed by atoms with Crippen LogP contribution in [0.2, 0.25) is 0 Å². The molecule has 0 spiro atoms. The first-order chi connectivity index (χ1) is 8.45. The molecule has 1 aromatic carbocycles. The fourth-order valence-corrected chi connectivity index (χ4v) is 1.29. The van der Waals surface area contributed by atoms with Gasteiger partial charge < -0.3 is 21.5 Å². The molecule has 0 saturated carbocycles. The number of nitrogens with two attached hydrogens (primary N) is 2.